The summed E-state index contributed by atoms with van der Waals surface area (Å²) in [6, 6.07) is 7.42. The van der Waals surface area contributed by atoms with Gasteiger partial charge in [0.1, 0.15) is 0 Å². The number of hydrogen-bond donors (Lipinski definition) is 2. The molecule has 1 saturated carbocycles. The van der Waals surface area contributed by atoms with E-state index in [9.17, 15) is 9.90 Å². The van der Waals surface area contributed by atoms with E-state index in [2.05, 4.69) is 5.32 Å². The van der Waals surface area contributed by atoms with Crippen LogP contribution in [0.3, 0.4) is 0 Å². The second-order valence-corrected chi connectivity index (χ2v) is 5.20. The molecule has 1 aromatic carbocycles. The van der Waals surface area contributed by atoms with Gasteiger partial charge < -0.3 is 15.3 Å². The Morgan fingerprint density at radius 2 is 1.94 bits per heavy atom. The Morgan fingerprint density at radius 3 is 2.39 bits per heavy atom. The topological polar surface area (TPSA) is 52.6 Å². The van der Waals surface area contributed by atoms with Gasteiger partial charge in [-0.2, -0.15) is 0 Å². The summed E-state index contributed by atoms with van der Waals surface area (Å²) in [6.45, 7) is 0.348. The molecule has 1 aliphatic carbocycles. The van der Waals surface area contributed by atoms with Crippen LogP contribution in [0.15, 0.2) is 24.3 Å². The van der Waals surface area contributed by atoms with Gasteiger partial charge in [-0.3, -0.25) is 4.79 Å². The highest BCUT2D eigenvalue weighted by Gasteiger charge is 2.34. The Bertz CT molecular complexity index is 422. The van der Waals surface area contributed by atoms with Gasteiger partial charge in [-0.25, -0.2) is 0 Å². The molecular formula is C14H20N2O2. The fourth-order valence-electron chi connectivity index (χ4n) is 2.02. The Morgan fingerprint density at radius 1 is 1.33 bits per heavy atom. The van der Waals surface area contributed by atoms with E-state index in [4.69, 9.17) is 0 Å². The van der Waals surface area contributed by atoms with Crippen molar-refractivity contribution in [3.8, 4) is 0 Å². The van der Waals surface area contributed by atoms with E-state index < -0.39 is 5.60 Å². The van der Waals surface area contributed by atoms with Crippen LogP contribution in [0.1, 0.15) is 29.6 Å². The average molecular weight is 248 g/mol. The SMILES string of the molecule is CN(C)c1ccc(C(=O)NCC2(O)CCC2)cc1. The van der Waals surface area contributed by atoms with Gasteiger partial charge in [0.05, 0.1) is 5.60 Å². The summed E-state index contributed by atoms with van der Waals surface area (Å²) in [5.41, 5.74) is 1.02. The average Bonchev–Trinajstić information content (AvgIpc) is 2.33. The third-order valence-electron chi connectivity index (χ3n) is 3.51. The van der Waals surface area contributed by atoms with Gasteiger partial charge in [0.2, 0.25) is 0 Å². The number of carbonyl (C=O) groups excluding carboxylic acids is 1. The molecule has 4 heteroatoms. The van der Waals surface area contributed by atoms with Crippen molar-refractivity contribution in [2.24, 2.45) is 0 Å². The third-order valence-corrected chi connectivity index (χ3v) is 3.51. The van der Waals surface area contributed by atoms with Gasteiger partial charge in [0, 0.05) is 31.9 Å². The molecule has 1 aliphatic rings. The number of hydrogen-bond acceptors (Lipinski definition) is 3. The van der Waals surface area contributed by atoms with Crippen molar-refractivity contribution in [1.29, 1.82) is 0 Å². The molecule has 0 saturated heterocycles. The standard InChI is InChI=1S/C14H20N2O2/c1-16(2)12-6-4-11(5-7-12)13(17)15-10-14(18)8-3-9-14/h4-7,18H,3,8-10H2,1-2H3,(H,15,17). The number of aliphatic hydroxyl groups is 1. The number of carbonyl (C=O) groups is 1. The maximum Gasteiger partial charge on any atom is 0.251 e. The maximum atomic E-state index is 11.9. The molecule has 18 heavy (non-hydrogen) atoms. The van der Waals surface area contributed by atoms with Gasteiger partial charge in [-0.05, 0) is 43.5 Å². The summed E-state index contributed by atoms with van der Waals surface area (Å²) in [6.07, 6.45) is 2.61. The number of amides is 1. The zero-order valence-corrected chi connectivity index (χ0v) is 10.9. The summed E-state index contributed by atoms with van der Waals surface area (Å²) in [5, 5.41) is 12.7. The molecule has 1 amide bonds. The molecule has 0 spiro atoms. The van der Waals surface area contributed by atoms with Gasteiger partial charge in [0.15, 0.2) is 0 Å². The Hall–Kier alpha value is -1.55. The van der Waals surface area contributed by atoms with Gasteiger partial charge in [0.25, 0.3) is 5.91 Å². The summed E-state index contributed by atoms with van der Waals surface area (Å²) in [7, 11) is 3.92. The Labute approximate surface area is 108 Å². The monoisotopic (exact) mass is 248 g/mol. The van der Waals surface area contributed by atoms with Gasteiger partial charge in [-0.15, -0.1) is 0 Å². The van der Waals surface area contributed by atoms with Crippen molar-refractivity contribution >= 4 is 11.6 Å². The zero-order chi connectivity index (χ0) is 13.2. The molecule has 1 fully saturated rings. The molecule has 1 aromatic rings. The molecule has 0 unspecified atom stereocenters. The summed E-state index contributed by atoms with van der Waals surface area (Å²) in [5.74, 6) is -0.124. The minimum Gasteiger partial charge on any atom is -0.388 e. The normalized spacial score (nSPS) is 16.8. The maximum absolute atomic E-state index is 11.9. The van der Waals surface area contributed by atoms with Crippen molar-refractivity contribution < 1.29 is 9.90 Å². The highest BCUT2D eigenvalue weighted by molar-refractivity contribution is 5.94. The van der Waals surface area contributed by atoms with Crippen LogP contribution in [0, 0.1) is 0 Å². The fraction of sp³-hybridized carbons (Fsp3) is 0.500. The van der Waals surface area contributed by atoms with Crippen LogP contribution in [-0.2, 0) is 0 Å². The van der Waals surface area contributed by atoms with Crippen molar-refractivity contribution in [2.75, 3.05) is 25.5 Å². The first-order valence-corrected chi connectivity index (χ1v) is 6.28. The Kier molecular flexibility index (Phi) is 3.57. The lowest BCUT2D eigenvalue weighted by molar-refractivity contribution is -0.0300. The van der Waals surface area contributed by atoms with Crippen LogP contribution in [-0.4, -0.2) is 37.3 Å². The van der Waals surface area contributed by atoms with Crippen molar-refractivity contribution in [3.63, 3.8) is 0 Å². The lowest BCUT2D eigenvalue weighted by Gasteiger charge is -2.36. The first-order valence-electron chi connectivity index (χ1n) is 6.28. The van der Waals surface area contributed by atoms with E-state index >= 15 is 0 Å². The minimum atomic E-state index is -0.667. The third kappa shape index (κ3) is 2.82. The van der Waals surface area contributed by atoms with E-state index in [0.29, 0.717) is 12.1 Å². The summed E-state index contributed by atoms with van der Waals surface area (Å²) < 4.78 is 0. The van der Waals surface area contributed by atoms with Crippen LogP contribution < -0.4 is 10.2 Å². The molecule has 0 bridgehead atoms. The smallest absolute Gasteiger partial charge is 0.251 e. The first-order chi connectivity index (χ1) is 8.50. The quantitative estimate of drug-likeness (QED) is 0.847. The fourth-order valence-corrected chi connectivity index (χ4v) is 2.02. The molecular weight excluding hydrogens is 228 g/mol. The van der Waals surface area contributed by atoms with E-state index in [-0.39, 0.29) is 5.91 Å². The van der Waals surface area contributed by atoms with Crippen molar-refractivity contribution in [1.82, 2.24) is 5.32 Å². The highest BCUT2D eigenvalue weighted by atomic mass is 16.3. The predicted octanol–water partition coefficient (Wildman–Crippen LogP) is 1.40. The second kappa shape index (κ2) is 4.98. The lowest BCUT2D eigenvalue weighted by atomic mass is 9.80. The van der Waals surface area contributed by atoms with Crippen LogP contribution >= 0.6 is 0 Å². The van der Waals surface area contributed by atoms with Gasteiger partial charge in [-0.1, -0.05) is 0 Å². The van der Waals surface area contributed by atoms with Crippen molar-refractivity contribution in [2.45, 2.75) is 24.9 Å². The molecule has 4 nitrogen and oxygen atoms in total. The largest absolute Gasteiger partial charge is 0.388 e. The molecule has 0 radical (unpaired) electrons. The molecule has 98 valence electrons. The summed E-state index contributed by atoms with van der Waals surface area (Å²) >= 11 is 0. The van der Waals surface area contributed by atoms with Crippen LogP contribution in [0.5, 0.6) is 0 Å². The molecule has 0 aromatic heterocycles. The zero-order valence-electron chi connectivity index (χ0n) is 10.9. The molecule has 0 heterocycles. The van der Waals surface area contributed by atoms with E-state index in [0.717, 1.165) is 24.9 Å². The van der Waals surface area contributed by atoms with E-state index in [1.807, 2.05) is 31.1 Å². The van der Waals surface area contributed by atoms with Crippen molar-refractivity contribution in [3.05, 3.63) is 29.8 Å². The molecule has 2 N–H and O–H groups in total. The van der Waals surface area contributed by atoms with E-state index in [1.165, 1.54) is 0 Å². The highest BCUT2D eigenvalue weighted by Crippen LogP contribution is 2.30. The number of rotatable bonds is 4. The molecule has 0 aliphatic heterocycles. The molecule has 2 rings (SSSR count). The van der Waals surface area contributed by atoms with Crippen LogP contribution in [0.4, 0.5) is 5.69 Å². The number of anilines is 1. The lowest BCUT2D eigenvalue weighted by Crippen LogP contribution is -2.47. The number of nitrogens with zero attached hydrogens (tertiary/aromatic N) is 1. The van der Waals surface area contributed by atoms with E-state index in [1.54, 1.807) is 12.1 Å². The minimum absolute atomic E-state index is 0.124. The first kappa shape index (κ1) is 12.9. The molecule has 0 atom stereocenters. The Balaban J connectivity index is 1.92. The number of benzene rings is 1. The summed E-state index contributed by atoms with van der Waals surface area (Å²) in [4.78, 5) is 13.9. The second-order valence-electron chi connectivity index (χ2n) is 5.20. The van der Waals surface area contributed by atoms with Crippen LogP contribution in [0.25, 0.3) is 0 Å². The predicted molar refractivity (Wildman–Crippen MR) is 71.9 cm³/mol. The number of nitrogens with one attached hydrogen (secondary N) is 1. The van der Waals surface area contributed by atoms with Gasteiger partial charge >= 0.3 is 0 Å². The van der Waals surface area contributed by atoms with Crippen LogP contribution in [0.2, 0.25) is 0 Å².